The molecule has 0 aromatic carbocycles. The highest BCUT2D eigenvalue weighted by Crippen LogP contribution is 2.17. The first-order chi connectivity index (χ1) is 8.76. The number of hydrogen-bond donors (Lipinski definition) is 2. The van der Waals surface area contributed by atoms with Crippen LogP contribution in [0.4, 0.5) is 0 Å². The van der Waals surface area contributed by atoms with Crippen molar-refractivity contribution in [3.8, 4) is 0 Å². The molecular formula is C14H28N2O2. The van der Waals surface area contributed by atoms with Crippen LogP contribution in [0.5, 0.6) is 0 Å². The third-order valence-electron chi connectivity index (χ3n) is 3.64. The maximum Gasteiger partial charge on any atom is 0.220 e. The molecule has 1 aliphatic heterocycles. The largest absolute Gasteiger partial charge is 0.381 e. The zero-order valence-corrected chi connectivity index (χ0v) is 11.6. The molecule has 0 aromatic heterocycles. The van der Waals surface area contributed by atoms with Gasteiger partial charge in [-0.15, -0.1) is 0 Å². The van der Waals surface area contributed by atoms with Gasteiger partial charge in [0.1, 0.15) is 0 Å². The second kappa shape index (κ2) is 9.34. The van der Waals surface area contributed by atoms with Crippen LogP contribution in [0.25, 0.3) is 0 Å². The minimum atomic E-state index is 0.194. The molecule has 106 valence electrons. The van der Waals surface area contributed by atoms with Gasteiger partial charge in [0.2, 0.25) is 5.91 Å². The van der Waals surface area contributed by atoms with Crippen LogP contribution >= 0.6 is 0 Å². The average molecular weight is 256 g/mol. The molecule has 0 aliphatic carbocycles. The zero-order chi connectivity index (χ0) is 13.2. The van der Waals surface area contributed by atoms with Gasteiger partial charge in [-0.25, -0.2) is 0 Å². The molecule has 1 aliphatic rings. The zero-order valence-electron chi connectivity index (χ0n) is 11.6. The van der Waals surface area contributed by atoms with Gasteiger partial charge in [0, 0.05) is 25.7 Å². The van der Waals surface area contributed by atoms with E-state index in [-0.39, 0.29) is 5.91 Å². The summed E-state index contributed by atoms with van der Waals surface area (Å²) in [5, 5.41) is 3.11. The molecule has 1 rings (SSSR count). The normalized spacial score (nSPS) is 18.6. The van der Waals surface area contributed by atoms with Gasteiger partial charge in [-0.3, -0.25) is 4.79 Å². The maximum atomic E-state index is 11.8. The molecule has 4 heteroatoms. The number of hydrogen-bond acceptors (Lipinski definition) is 3. The summed E-state index contributed by atoms with van der Waals surface area (Å²) >= 11 is 0. The SMILES string of the molecule is CCCC(CCN)CCC(=O)NC1CCOCC1. The number of amides is 1. The molecule has 0 radical (unpaired) electrons. The van der Waals surface area contributed by atoms with Crippen molar-refractivity contribution >= 4 is 5.91 Å². The summed E-state index contributed by atoms with van der Waals surface area (Å²) in [5.74, 6) is 0.806. The van der Waals surface area contributed by atoms with Gasteiger partial charge in [0.15, 0.2) is 0 Å². The average Bonchev–Trinajstić information content (AvgIpc) is 2.38. The second-order valence-corrected chi connectivity index (χ2v) is 5.22. The molecule has 0 bridgehead atoms. The molecule has 1 heterocycles. The van der Waals surface area contributed by atoms with Crippen molar-refractivity contribution in [1.29, 1.82) is 0 Å². The van der Waals surface area contributed by atoms with Crippen molar-refractivity contribution in [3.63, 3.8) is 0 Å². The first kappa shape index (κ1) is 15.4. The predicted octanol–water partition coefficient (Wildman–Crippen LogP) is 1.83. The van der Waals surface area contributed by atoms with Crippen molar-refractivity contribution in [1.82, 2.24) is 5.32 Å². The molecule has 1 fully saturated rings. The Morgan fingerprint density at radius 3 is 2.67 bits per heavy atom. The summed E-state index contributed by atoms with van der Waals surface area (Å²) in [5.41, 5.74) is 5.60. The number of carbonyl (C=O) groups excluding carboxylic acids is 1. The first-order valence-corrected chi connectivity index (χ1v) is 7.33. The fourth-order valence-electron chi connectivity index (χ4n) is 2.55. The van der Waals surface area contributed by atoms with E-state index in [2.05, 4.69) is 12.2 Å². The lowest BCUT2D eigenvalue weighted by Gasteiger charge is -2.23. The van der Waals surface area contributed by atoms with Crippen LogP contribution < -0.4 is 11.1 Å². The number of nitrogens with one attached hydrogen (secondary N) is 1. The second-order valence-electron chi connectivity index (χ2n) is 5.22. The Morgan fingerprint density at radius 1 is 1.33 bits per heavy atom. The van der Waals surface area contributed by atoms with Gasteiger partial charge >= 0.3 is 0 Å². The Morgan fingerprint density at radius 2 is 2.06 bits per heavy atom. The smallest absolute Gasteiger partial charge is 0.220 e. The molecule has 4 nitrogen and oxygen atoms in total. The molecule has 1 saturated heterocycles. The topological polar surface area (TPSA) is 64.4 Å². The lowest BCUT2D eigenvalue weighted by atomic mass is 9.94. The number of nitrogens with two attached hydrogens (primary N) is 1. The van der Waals surface area contributed by atoms with Crippen molar-refractivity contribution in [2.45, 2.75) is 57.9 Å². The highest BCUT2D eigenvalue weighted by atomic mass is 16.5. The minimum absolute atomic E-state index is 0.194. The minimum Gasteiger partial charge on any atom is -0.381 e. The van der Waals surface area contributed by atoms with Gasteiger partial charge in [-0.05, 0) is 38.1 Å². The monoisotopic (exact) mass is 256 g/mol. The van der Waals surface area contributed by atoms with E-state index in [0.29, 0.717) is 18.4 Å². The van der Waals surface area contributed by atoms with Gasteiger partial charge in [0.25, 0.3) is 0 Å². The quantitative estimate of drug-likeness (QED) is 0.696. The third-order valence-corrected chi connectivity index (χ3v) is 3.64. The molecule has 0 saturated carbocycles. The summed E-state index contributed by atoms with van der Waals surface area (Å²) in [4.78, 5) is 11.8. The van der Waals surface area contributed by atoms with Crippen LogP contribution in [0.3, 0.4) is 0 Å². The summed E-state index contributed by atoms with van der Waals surface area (Å²) in [6.45, 7) is 4.46. The number of rotatable bonds is 8. The van der Waals surface area contributed by atoms with E-state index in [9.17, 15) is 4.79 Å². The highest BCUT2D eigenvalue weighted by molar-refractivity contribution is 5.76. The van der Waals surface area contributed by atoms with E-state index >= 15 is 0 Å². The molecular weight excluding hydrogens is 228 g/mol. The lowest BCUT2D eigenvalue weighted by Crippen LogP contribution is -2.38. The fraction of sp³-hybridized carbons (Fsp3) is 0.929. The molecule has 1 atom stereocenters. The fourth-order valence-corrected chi connectivity index (χ4v) is 2.55. The molecule has 0 spiro atoms. The van der Waals surface area contributed by atoms with Crippen LogP contribution in [0.1, 0.15) is 51.9 Å². The van der Waals surface area contributed by atoms with E-state index in [4.69, 9.17) is 10.5 Å². The third kappa shape index (κ3) is 6.36. The number of carbonyl (C=O) groups is 1. The van der Waals surface area contributed by atoms with E-state index in [0.717, 1.165) is 45.4 Å². The van der Waals surface area contributed by atoms with E-state index in [1.807, 2.05) is 0 Å². The maximum absolute atomic E-state index is 11.8. The first-order valence-electron chi connectivity index (χ1n) is 7.33. The summed E-state index contributed by atoms with van der Waals surface area (Å²) < 4.78 is 5.28. The van der Waals surface area contributed by atoms with E-state index in [1.165, 1.54) is 12.8 Å². The van der Waals surface area contributed by atoms with Gasteiger partial charge in [-0.2, -0.15) is 0 Å². The lowest BCUT2D eigenvalue weighted by molar-refractivity contribution is -0.122. The van der Waals surface area contributed by atoms with Gasteiger partial charge < -0.3 is 15.8 Å². The Kier molecular flexibility index (Phi) is 8.01. The van der Waals surface area contributed by atoms with Crippen molar-refractivity contribution in [3.05, 3.63) is 0 Å². The summed E-state index contributed by atoms with van der Waals surface area (Å²) in [6, 6.07) is 0.324. The van der Waals surface area contributed by atoms with Crippen LogP contribution in [0, 0.1) is 5.92 Å². The molecule has 18 heavy (non-hydrogen) atoms. The molecule has 1 amide bonds. The van der Waals surface area contributed by atoms with Crippen LogP contribution in [-0.4, -0.2) is 31.7 Å². The van der Waals surface area contributed by atoms with Crippen molar-refractivity contribution in [2.75, 3.05) is 19.8 Å². The predicted molar refractivity (Wildman–Crippen MR) is 73.3 cm³/mol. The van der Waals surface area contributed by atoms with Gasteiger partial charge in [0.05, 0.1) is 0 Å². The number of ether oxygens (including phenoxy) is 1. The Hall–Kier alpha value is -0.610. The summed E-state index contributed by atoms with van der Waals surface area (Å²) in [6.07, 6.45) is 6.91. The van der Waals surface area contributed by atoms with E-state index in [1.54, 1.807) is 0 Å². The van der Waals surface area contributed by atoms with Crippen LogP contribution in [-0.2, 0) is 9.53 Å². The molecule has 1 unspecified atom stereocenters. The molecule has 3 N–H and O–H groups in total. The standard InChI is InChI=1S/C14H28N2O2/c1-2-3-12(6-9-15)4-5-14(17)16-13-7-10-18-11-8-13/h12-13H,2-11,15H2,1H3,(H,16,17). The Balaban J connectivity index is 2.17. The van der Waals surface area contributed by atoms with Gasteiger partial charge in [-0.1, -0.05) is 19.8 Å². The van der Waals surface area contributed by atoms with Crippen LogP contribution in [0.15, 0.2) is 0 Å². The Labute approximate surface area is 111 Å². The van der Waals surface area contributed by atoms with E-state index < -0.39 is 0 Å². The molecule has 0 aromatic rings. The Bertz CT molecular complexity index is 222. The summed E-state index contributed by atoms with van der Waals surface area (Å²) in [7, 11) is 0. The van der Waals surface area contributed by atoms with Crippen molar-refractivity contribution in [2.24, 2.45) is 11.7 Å². The highest BCUT2D eigenvalue weighted by Gasteiger charge is 2.16. The van der Waals surface area contributed by atoms with Crippen molar-refractivity contribution < 1.29 is 9.53 Å². The van der Waals surface area contributed by atoms with Crippen LogP contribution in [0.2, 0.25) is 0 Å².